The molecule has 4 rings (SSSR count). The number of nitro groups is 1. The average molecular weight is 372 g/mol. The van der Waals surface area contributed by atoms with Crippen molar-refractivity contribution >= 4 is 22.7 Å². The zero-order valence-corrected chi connectivity index (χ0v) is 15.8. The highest BCUT2D eigenvalue weighted by Crippen LogP contribution is 2.34. The van der Waals surface area contributed by atoms with Gasteiger partial charge in [-0.15, -0.1) is 0 Å². The Morgan fingerprint density at radius 2 is 1.46 bits per heavy atom. The Kier molecular flexibility index (Phi) is 4.61. The van der Waals surface area contributed by atoms with Crippen LogP contribution in [0.5, 0.6) is 0 Å². The minimum absolute atomic E-state index is 0.0438. The number of hydrogen-bond acceptors (Lipinski definition) is 5. The molecule has 0 aromatic heterocycles. The van der Waals surface area contributed by atoms with Gasteiger partial charge in [0, 0.05) is 30.9 Å². The van der Waals surface area contributed by atoms with Gasteiger partial charge in [-0.2, -0.15) is 10.2 Å². The number of fused-ring (bicyclic) bond motifs is 1. The molecule has 0 saturated heterocycles. The zero-order chi connectivity index (χ0) is 19.7. The number of benzene rings is 3. The van der Waals surface area contributed by atoms with Gasteiger partial charge in [-0.1, -0.05) is 24.3 Å². The van der Waals surface area contributed by atoms with Crippen molar-refractivity contribution in [3.05, 3.63) is 93.0 Å². The van der Waals surface area contributed by atoms with Crippen LogP contribution in [0.25, 0.3) is 0 Å². The number of nitro benzene ring substituents is 1. The summed E-state index contributed by atoms with van der Waals surface area (Å²) < 4.78 is 0. The molecule has 0 unspecified atom stereocenters. The third kappa shape index (κ3) is 3.49. The van der Waals surface area contributed by atoms with Gasteiger partial charge in [0.2, 0.25) is 0 Å². The second kappa shape index (κ2) is 7.23. The van der Waals surface area contributed by atoms with E-state index in [4.69, 9.17) is 0 Å². The van der Waals surface area contributed by atoms with E-state index in [1.165, 1.54) is 28.9 Å². The van der Waals surface area contributed by atoms with Crippen LogP contribution < -0.4 is 4.90 Å². The molecule has 6 heteroatoms. The molecule has 0 N–H and O–H groups in total. The van der Waals surface area contributed by atoms with E-state index >= 15 is 0 Å². The monoisotopic (exact) mass is 372 g/mol. The first-order chi connectivity index (χ1) is 13.5. The summed E-state index contributed by atoms with van der Waals surface area (Å²) in [6, 6.07) is 18.9. The third-order valence-electron chi connectivity index (χ3n) is 5.01. The van der Waals surface area contributed by atoms with E-state index in [0.717, 1.165) is 29.9 Å². The average Bonchev–Trinajstić information content (AvgIpc) is 3.12. The highest BCUT2D eigenvalue weighted by Gasteiger charge is 2.19. The fourth-order valence-electron chi connectivity index (χ4n) is 3.54. The predicted molar refractivity (Wildman–Crippen MR) is 110 cm³/mol. The van der Waals surface area contributed by atoms with Gasteiger partial charge in [0.25, 0.3) is 5.69 Å². The molecule has 0 aliphatic carbocycles. The summed E-state index contributed by atoms with van der Waals surface area (Å²) in [4.78, 5) is 12.7. The van der Waals surface area contributed by atoms with E-state index < -0.39 is 4.92 Å². The molecule has 6 nitrogen and oxygen atoms in total. The summed E-state index contributed by atoms with van der Waals surface area (Å²) in [5.41, 5.74) is 7.50. The van der Waals surface area contributed by atoms with Gasteiger partial charge in [0.15, 0.2) is 0 Å². The Labute approximate surface area is 163 Å². The van der Waals surface area contributed by atoms with Crippen molar-refractivity contribution in [3.8, 4) is 0 Å². The molecule has 28 heavy (non-hydrogen) atoms. The Bertz CT molecular complexity index is 1030. The Hall–Kier alpha value is -3.54. The maximum absolute atomic E-state index is 10.7. The molecular formula is C22H20N4O2. The molecule has 1 aliphatic heterocycles. The zero-order valence-electron chi connectivity index (χ0n) is 15.8. The molecule has 0 amide bonds. The lowest BCUT2D eigenvalue weighted by Gasteiger charge is -2.20. The van der Waals surface area contributed by atoms with Gasteiger partial charge < -0.3 is 4.90 Å². The van der Waals surface area contributed by atoms with Crippen molar-refractivity contribution in [1.82, 2.24) is 0 Å². The van der Waals surface area contributed by atoms with Gasteiger partial charge in [0.05, 0.1) is 16.3 Å². The Morgan fingerprint density at radius 3 is 2.00 bits per heavy atom. The maximum atomic E-state index is 10.7. The molecule has 140 valence electrons. The fourth-order valence-corrected chi connectivity index (χ4v) is 3.54. The van der Waals surface area contributed by atoms with E-state index in [0.29, 0.717) is 5.69 Å². The van der Waals surface area contributed by atoms with Crippen LogP contribution in [0.1, 0.15) is 22.3 Å². The number of nitrogens with zero attached hydrogens (tertiary/aromatic N) is 4. The second-order valence-corrected chi connectivity index (χ2v) is 7.03. The van der Waals surface area contributed by atoms with Crippen LogP contribution in [0.15, 0.2) is 70.9 Å². The second-order valence-electron chi connectivity index (χ2n) is 7.03. The molecule has 0 saturated carbocycles. The number of rotatable bonds is 4. The Balaban J connectivity index is 1.56. The van der Waals surface area contributed by atoms with Gasteiger partial charge in [0.1, 0.15) is 0 Å². The molecule has 0 bridgehead atoms. The Morgan fingerprint density at radius 1 is 0.893 bits per heavy atom. The normalized spacial score (nSPS) is 13.1. The lowest BCUT2D eigenvalue weighted by atomic mass is 10.1. The van der Waals surface area contributed by atoms with Crippen LogP contribution in [0.2, 0.25) is 0 Å². The van der Waals surface area contributed by atoms with Gasteiger partial charge in [-0.3, -0.25) is 10.1 Å². The lowest BCUT2D eigenvalue weighted by Crippen LogP contribution is -2.14. The molecule has 3 aromatic carbocycles. The van der Waals surface area contributed by atoms with Crippen LogP contribution in [0.4, 0.5) is 22.7 Å². The van der Waals surface area contributed by atoms with Gasteiger partial charge in [-0.05, 0) is 60.4 Å². The van der Waals surface area contributed by atoms with Crippen LogP contribution in [0, 0.1) is 24.0 Å². The van der Waals surface area contributed by atoms with E-state index in [-0.39, 0.29) is 5.69 Å². The predicted octanol–water partition coefficient (Wildman–Crippen LogP) is 6.15. The summed E-state index contributed by atoms with van der Waals surface area (Å²) in [5, 5.41) is 19.4. The minimum Gasteiger partial charge on any atom is -0.363 e. The van der Waals surface area contributed by atoms with Crippen molar-refractivity contribution in [3.63, 3.8) is 0 Å². The lowest BCUT2D eigenvalue weighted by molar-refractivity contribution is -0.384. The summed E-state index contributed by atoms with van der Waals surface area (Å²) >= 11 is 0. The van der Waals surface area contributed by atoms with Crippen LogP contribution >= 0.6 is 0 Å². The molecular weight excluding hydrogens is 352 g/mol. The van der Waals surface area contributed by atoms with Crippen molar-refractivity contribution in [2.75, 3.05) is 4.90 Å². The minimum atomic E-state index is -0.426. The topological polar surface area (TPSA) is 71.1 Å². The molecule has 3 aromatic rings. The van der Waals surface area contributed by atoms with Crippen LogP contribution in [0.3, 0.4) is 0 Å². The van der Waals surface area contributed by atoms with Crippen LogP contribution in [-0.2, 0) is 13.1 Å². The van der Waals surface area contributed by atoms with Crippen LogP contribution in [-0.4, -0.2) is 4.92 Å². The molecule has 0 spiro atoms. The van der Waals surface area contributed by atoms with E-state index in [2.05, 4.69) is 51.5 Å². The van der Waals surface area contributed by atoms with Gasteiger partial charge in [-0.25, -0.2) is 0 Å². The van der Waals surface area contributed by atoms with Crippen molar-refractivity contribution in [2.24, 2.45) is 10.2 Å². The van der Waals surface area contributed by atoms with E-state index in [9.17, 15) is 10.1 Å². The highest BCUT2D eigenvalue weighted by atomic mass is 16.6. The highest BCUT2D eigenvalue weighted by molar-refractivity contribution is 5.63. The molecule has 1 heterocycles. The van der Waals surface area contributed by atoms with Crippen molar-refractivity contribution < 1.29 is 4.92 Å². The molecule has 0 radical (unpaired) electrons. The standard InChI is InChI=1S/C22H20N4O2/c1-15-11-21(25-13-17-5-3-4-6-18(17)14-25)12-16(2)22(15)24-23-19-7-9-20(10-8-19)26(27)28/h3-12H,13-14H2,1-2H3. The van der Waals surface area contributed by atoms with Gasteiger partial charge >= 0.3 is 0 Å². The molecule has 1 aliphatic rings. The largest absolute Gasteiger partial charge is 0.363 e. The SMILES string of the molecule is Cc1cc(N2Cc3ccccc3C2)cc(C)c1N=Nc1ccc([N+](=O)[O-])cc1. The maximum Gasteiger partial charge on any atom is 0.269 e. The molecule has 0 fully saturated rings. The number of aryl methyl sites for hydroxylation is 2. The number of azo groups is 1. The quantitative estimate of drug-likeness (QED) is 0.313. The van der Waals surface area contributed by atoms with E-state index in [1.54, 1.807) is 12.1 Å². The summed E-state index contributed by atoms with van der Waals surface area (Å²) in [6.07, 6.45) is 0. The van der Waals surface area contributed by atoms with Crippen molar-refractivity contribution in [1.29, 1.82) is 0 Å². The fraction of sp³-hybridized carbons (Fsp3) is 0.182. The molecule has 0 atom stereocenters. The number of non-ortho nitro benzene ring substituents is 1. The van der Waals surface area contributed by atoms with E-state index in [1.807, 2.05) is 13.8 Å². The summed E-state index contributed by atoms with van der Waals surface area (Å²) in [6.45, 7) is 5.89. The smallest absolute Gasteiger partial charge is 0.269 e. The first-order valence-corrected chi connectivity index (χ1v) is 9.10. The summed E-state index contributed by atoms with van der Waals surface area (Å²) in [5.74, 6) is 0. The van der Waals surface area contributed by atoms with Crippen molar-refractivity contribution in [2.45, 2.75) is 26.9 Å². The number of anilines is 1. The summed E-state index contributed by atoms with van der Waals surface area (Å²) in [7, 11) is 0. The third-order valence-corrected chi connectivity index (χ3v) is 5.01. The first kappa shape index (κ1) is 17.9. The number of hydrogen-bond donors (Lipinski definition) is 0. The first-order valence-electron chi connectivity index (χ1n) is 9.10.